The number of rotatable bonds is 9. The van der Waals surface area contributed by atoms with Crippen molar-refractivity contribution in [3.63, 3.8) is 0 Å². The van der Waals surface area contributed by atoms with E-state index in [0.717, 1.165) is 28.0 Å². The van der Waals surface area contributed by atoms with Crippen LogP contribution in [-0.2, 0) is 9.53 Å². The van der Waals surface area contributed by atoms with E-state index in [1.165, 1.54) is 7.11 Å². The Kier molecular flexibility index (Phi) is 9.92. The van der Waals surface area contributed by atoms with Crippen LogP contribution in [0, 0.1) is 13.8 Å². The van der Waals surface area contributed by atoms with Gasteiger partial charge in [-0.2, -0.15) is 0 Å². The first-order valence-electron chi connectivity index (χ1n) is 10.6. The average Bonchev–Trinajstić information content (AvgIpc) is 2.82. The maximum absolute atomic E-state index is 12.9. The van der Waals surface area contributed by atoms with Gasteiger partial charge in [-0.05, 0) is 60.9 Å². The zero-order chi connectivity index (χ0) is 23.8. The molecule has 3 aromatic carbocycles. The lowest BCUT2D eigenvalue weighted by Crippen LogP contribution is -2.14. The summed E-state index contributed by atoms with van der Waals surface area (Å²) in [5, 5.41) is 2.95. The molecule has 0 heterocycles. The van der Waals surface area contributed by atoms with E-state index in [0.29, 0.717) is 30.2 Å². The number of esters is 1. The molecule has 180 valence electrons. The molecule has 8 heteroatoms. The van der Waals surface area contributed by atoms with Crippen molar-refractivity contribution in [1.29, 1.82) is 0 Å². The summed E-state index contributed by atoms with van der Waals surface area (Å²) in [4.78, 5) is 24.4. The molecule has 3 rings (SSSR count). The third-order valence-electron chi connectivity index (χ3n) is 4.98. The largest absolute Gasteiger partial charge is 0.492 e. The Hall–Kier alpha value is -3.55. The molecule has 0 saturated heterocycles. The molecular weight excluding hydrogens is 456 g/mol. The van der Waals surface area contributed by atoms with Crippen molar-refractivity contribution < 1.29 is 23.8 Å². The minimum atomic E-state index is -0.462. The van der Waals surface area contributed by atoms with Crippen molar-refractivity contribution in [3.05, 3.63) is 77.4 Å². The summed E-state index contributed by atoms with van der Waals surface area (Å²) in [5.41, 5.74) is 10.1. The van der Waals surface area contributed by atoms with Gasteiger partial charge in [0, 0.05) is 23.4 Å². The number of hydrogen-bond donors (Lipinski definition) is 2. The highest BCUT2D eigenvalue weighted by Gasteiger charge is 2.14. The lowest BCUT2D eigenvalue weighted by molar-refractivity contribution is -0.142. The summed E-state index contributed by atoms with van der Waals surface area (Å²) in [7, 11) is 1.31. The molecule has 0 aliphatic carbocycles. The van der Waals surface area contributed by atoms with E-state index in [2.05, 4.69) is 10.1 Å². The quantitative estimate of drug-likeness (QED) is 0.433. The van der Waals surface area contributed by atoms with E-state index in [9.17, 15) is 9.59 Å². The van der Waals surface area contributed by atoms with Crippen LogP contribution in [0.3, 0.4) is 0 Å². The van der Waals surface area contributed by atoms with E-state index in [4.69, 9.17) is 15.2 Å². The number of amides is 1. The van der Waals surface area contributed by atoms with Crippen LogP contribution in [0.2, 0.25) is 0 Å². The van der Waals surface area contributed by atoms with Gasteiger partial charge in [0.25, 0.3) is 5.91 Å². The topological polar surface area (TPSA) is 99.9 Å². The Morgan fingerprint density at radius 2 is 1.65 bits per heavy atom. The molecule has 0 unspecified atom stereocenters. The highest BCUT2D eigenvalue weighted by Crippen LogP contribution is 2.32. The summed E-state index contributed by atoms with van der Waals surface area (Å²) in [5.74, 6) is 0.614. The molecule has 1 amide bonds. The lowest BCUT2D eigenvalue weighted by atomic mass is 10.0. The molecule has 34 heavy (non-hydrogen) atoms. The second kappa shape index (κ2) is 12.6. The molecule has 0 aliphatic heterocycles. The van der Waals surface area contributed by atoms with Crippen molar-refractivity contribution in [2.75, 3.05) is 32.2 Å². The number of ether oxygens (including phenoxy) is 3. The molecule has 0 radical (unpaired) electrons. The van der Waals surface area contributed by atoms with Crippen LogP contribution >= 0.6 is 12.4 Å². The smallest absolute Gasteiger partial charge is 0.343 e. The molecule has 0 aromatic heterocycles. The first-order chi connectivity index (χ1) is 15.9. The van der Waals surface area contributed by atoms with Gasteiger partial charge in [0.2, 0.25) is 0 Å². The summed E-state index contributed by atoms with van der Waals surface area (Å²) in [6, 6.07) is 18.4. The standard InChI is InChI=1S/C26H28N2O5.ClH/c1-17-13-20(14-18(2)25(17)32-12-11-27)26(30)28-21-8-6-7-19(15-21)22-9-4-5-10-23(22)33-16-24(29)31-3;/h4-10,13-15H,11-12,16,27H2,1-3H3,(H,28,30);1H. The van der Waals surface area contributed by atoms with Crippen molar-refractivity contribution in [3.8, 4) is 22.6 Å². The van der Waals surface area contributed by atoms with E-state index in [-0.39, 0.29) is 24.9 Å². The Morgan fingerprint density at radius 3 is 2.32 bits per heavy atom. The number of carbonyl (C=O) groups is 2. The number of carbonyl (C=O) groups excluding carboxylic acids is 2. The zero-order valence-corrected chi connectivity index (χ0v) is 20.2. The predicted molar refractivity (Wildman–Crippen MR) is 135 cm³/mol. The first kappa shape index (κ1) is 26.7. The Bertz CT molecular complexity index is 1130. The SMILES string of the molecule is COC(=O)COc1ccccc1-c1cccc(NC(=O)c2cc(C)c(OCCN)c(C)c2)c1.Cl. The van der Waals surface area contributed by atoms with Gasteiger partial charge in [-0.3, -0.25) is 4.79 Å². The van der Waals surface area contributed by atoms with Crippen LogP contribution in [0.5, 0.6) is 11.5 Å². The van der Waals surface area contributed by atoms with Crippen LogP contribution in [0.1, 0.15) is 21.5 Å². The molecule has 0 aliphatic rings. The Labute approximate surface area is 205 Å². The summed E-state index contributed by atoms with van der Waals surface area (Å²) >= 11 is 0. The number of para-hydroxylation sites is 1. The lowest BCUT2D eigenvalue weighted by Gasteiger charge is -2.14. The van der Waals surface area contributed by atoms with E-state index < -0.39 is 5.97 Å². The fraction of sp³-hybridized carbons (Fsp3) is 0.231. The summed E-state index contributed by atoms with van der Waals surface area (Å²) < 4.78 is 15.9. The molecular formula is C26H29ClN2O5. The highest BCUT2D eigenvalue weighted by molar-refractivity contribution is 6.05. The van der Waals surface area contributed by atoms with Crippen molar-refractivity contribution >= 4 is 30.0 Å². The monoisotopic (exact) mass is 484 g/mol. The number of methoxy groups -OCH3 is 1. The van der Waals surface area contributed by atoms with Gasteiger partial charge >= 0.3 is 5.97 Å². The fourth-order valence-corrected chi connectivity index (χ4v) is 3.46. The van der Waals surface area contributed by atoms with E-state index in [1.807, 2.05) is 56.3 Å². The van der Waals surface area contributed by atoms with Gasteiger partial charge in [0.1, 0.15) is 18.1 Å². The molecule has 0 bridgehead atoms. The van der Waals surface area contributed by atoms with Crippen LogP contribution < -0.4 is 20.5 Å². The van der Waals surface area contributed by atoms with Gasteiger partial charge in [-0.1, -0.05) is 30.3 Å². The maximum Gasteiger partial charge on any atom is 0.343 e. The van der Waals surface area contributed by atoms with Crippen LogP contribution in [-0.4, -0.2) is 38.7 Å². The van der Waals surface area contributed by atoms with E-state index in [1.54, 1.807) is 18.2 Å². The first-order valence-corrected chi connectivity index (χ1v) is 10.6. The zero-order valence-electron chi connectivity index (χ0n) is 19.4. The van der Waals surface area contributed by atoms with Gasteiger partial charge < -0.3 is 25.3 Å². The van der Waals surface area contributed by atoms with Crippen LogP contribution in [0.15, 0.2) is 60.7 Å². The molecule has 0 fully saturated rings. The highest BCUT2D eigenvalue weighted by atomic mass is 35.5. The third kappa shape index (κ3) is 6.73. The Morgan fingerprint density at radius 1 is 0.941 bits per heavy atom. The second-order valence-electron chi connectivity index (χ2n) is 7.47. The minimum absolute atomic E-state index is 0. The number of anilines is 1. The van der Waals surface area contributed by atoms with Crippen LogP contribution in [0.4, 0.5) is 5.69 Å². The molecule has 3 aromatic rings. The second-order valence-corrected chi connectivity index (χ2v) is 7.47. The molecule has 0 saturated carbocycles. The van der Waals surface area contributed by atoms with Gasteiger partial charge in [-0.15, -0.1) is 12.4 Å². The normalized spacial score (nSPS) is 10.1. The Balaban J connectivity index is 0.00000408. The van der Waals surface area contributed by atoms with Gasteiger partial charge in [-0.25, -0.2) is 4.79 Å². The molecule has 0 spiro atoms. The average molecular weight is 485 g/mol. The van der Waals surface area contributed by atoms with Crippen molar-refractivity contribution in [2.24, 2.45) is 5.73 Å². The predicted octanol–water partition coefficient (Wildman–Crippen LogP) is 4.53. The number of halogens is 1. The number of aryl methyl sites for hydroxylation is 2. The van der Waals surface area contributed by atoms with Gasteiger partial charge in [0.05, 0.1) is 7.11 Å². The number of nitrogens with two attached hydrogens (primary N) is 1. The maximum atomic E-state index is 12.9. The van der Waals surface area contributed by atoms with E-state index >= 15 is 0 Å². The molecule has 7 nitrogen and oxygen atoms in total. The third-order valence-corrected chi connectivity index (χ3v) is 4.98. The fourth-order valence-electron chi connectivity index (χ4n) is 3.46. The number of nitrogens with one attached hydrogen (secondary N) is 1. The molecule has 0 atom stereocenters. The summed E-state index contributed by atoms with van der Waals surface area (Å²) in [6.45, 7) is 4.47. The minimum Gasteiger partial charge on any atom is -0.492 e. The van der Waals surface area contributed by atoms with Crippen LogP contribution in [0.25, 0.3) is 11.1 Å². The molecule has 3 N–H and O–H groups in total. The van der Waals surface area contributed by atoms with Crippen molar-refractivity contribution in [1.82, 2.24) is 0 Å². The summed E-state index contributed by atoms with van der Waals surface area (Å²) in [6.07, 6.45) is 0. The van der Waals surface area contributed by atoms with Crippen molar-refractivity contribution in [2.45, 2.75) is 13.8 Å². The van der Waals surface area contributed by atoms with Gasteiger partial charge in [0.15, 0.2) is 6.61 Å². The number of benzene rings is 3. The number of hydrogen-bond acceptors (Lipinski definition) is 6.